The van der Waals surface area contributed by atoms with Gasteiger partial charge in [-0.05, 0) is 73.2 Å². The lowest BCUT2D eigenvalue weighted by molar-refractivity contribution is -0.143. The van der Waals surface area contributed by atoms with Gasteiger partial charge in [0.05, 0.1) is 48.0 Å². The first kappa shape index (κ1) is 34.4. The molecule has 1 saturated heterocycles. The van der Waals surface area contributed by atoms with Gasteiger partial charge in [-0.2, -0.15) is 26.3 Å². The molecule has 0 spiro atoms. The smallest absolute Gasteiger partial charge is 0.416 e. The first-order chi connectivity index (χ1) is 21.1. The van der Waals surface area contributed by atoms with Crippen molar-refractivity contribution < 1.29 is 60.8 Å². The van der Waals surface area contributed by atoms with Crippen molar-refractivity contribution >= 4 is 23.6 Å². The predicted octanol–water partition coefficient (Wildman–Crippen LogP) is 5.24. The Labute approximate surface area is 254 Å². The molecule has 246 valence electrons. The highest BCUT2D eigenvalue weighted by Gasteiger charge is 2.55. The third kappa shape index (κ3) is 7.19. The molecular formula is C31H33F6NO7. The van der Waals surface area contributed by atoms with E-state index in [1.54, 1.807) is 18.2 Å². The summed E-state index contributed by atoms with van der Waals surface area (Å²) in [5.74, 6) is -5.23. The number of aliphatic hydroxyl groups is 4. The molecule has 2 amide bonds. The number of hydrogen-bond donors (Lipinski definition) is 4. The predicted molar refractivity (Wildman–Crippen MR) is 148 cm³/mol. The Hall–Kier alpha value is -3.46. The average Bonchev–Trinajstić information content (AvgIpc) is 3.54. The Kier molecular flexibility index (Phi) is 10.3. The van der Waals surface area contributed by atoms with Gasteiger partial charge in [0.2, 0.25) is 11.8 Å². The highest BCUT2D eigenvalue weighted by Crippen LogP contribution is 2.48. The molecule has 2 heterocycles. The number of carbonyl (C=O) groups is 2. The minimum Gasteiger partial charge on any atom is -0.459 e. The van der Waals surface area contributed by atoms with Crippen LogP contribution in [0.25, 0.3) is 6.08 Å². The summed E-state index contributed by atoms with van der Waals surface area (Å²) in [7, 11) is 0. The number of fused-ring (bicyclic) bond motifs is 1. The van der Waals surface area contributed by atoms with Crippen molar-refractivity contribution in [2.24, 2.45) is 17.8 Å². The lowest BCUT2D eigenvalue weighted by Crippen LogP contribution is -2.39. The van der Waals surface area contributed by atoms with Gasteiger partial charge < -0.3 is 24.8 Å². The van der Waals surface area contributed by atoms with Crippen molar-refractivity contribution in [3.05, 3.63) is 69.7 Å². The molecule has 4 rings (SSSR count). The Morgan fingerprint density at radius 1 is 0.978 bits per heavy atom. The first-order valence-corrected chi connectivity index (χ1v) is 14.3. The minimum atomic E-state index is -5.21. The van der Waals surface area contributed by atoms with Gasteiger partial charge in [-0.15, -0.1) is 0 Å². The zero-order chi connectivity index (χ0) is 33.3. The highest BCUT2D eigenvalue weighted by atomic mass is 19.4. The maximum Gasteiger partial charge on any atom is 0.416 e. The van der Waals surface area contributed by atoms with E-state index in [0.717, 1.165) is 12.0 Å². The molecule has 1 aliphatic carbocycles. The van der Waals surface area contributed by atoms with E-state index in [2.05, 4.69) is 0 Å². The van der Waals surface area contributed by atoms with Gasteiger partial charge in [-0.3, -0.25) is 9.59 Å². The van der Waals surface area contributed by atoms with Crippen LogP contribution in [0.1, 0.15) is 61.7 Å². The van der Waals surface area contributed by atoms with Gasteiger partial charge in [0.1, 0.15) is 18.1 Å². The molecule has 2 aliphatic rings. The number of alkyl halides is 6. The average molecular weight is 646 g/mol. The number of aliphatic hydroxyl groups excluding tert-OH is 4. The molecule has 1 aliphatic heterocycles. The lowest BCUT2D eigenvalue weighted by atomic mass is 9.68. The third-order valence-corrected chi connectivity index (χ3v) is 8.26. The molecule has 0 bridgehead atoms. The zero-order valence-corrected chi connectivity index (χ0v) is 24.2. The Balaban J connectivity index is 1.65. The molecule has 8 nitrogen and oxygen atoms in total. The molecule has 45 heavy (non-hydrogen) atoms. The van der Waals surface area contributed by atoms with E-state index in [4.69, 9.17) is 4.42 Å². The summed E-state index contributed by atoms with van der Waals surface area (Å²) in [6.07, 6.45) is -8.49. The molecule has 0 unspecified atom stereocenters. The van der Waals surface area contributed by atoms with Crippen molar-refractivity contribution in [1.82, 2.24) is 0 Å². The first-order valence-electron chi connectivity index (χ1n) is 14.3. The maximum absolute atomic E-state index is 13.6. The number of anilines is 1. The summed E-state index contributed by atoms with van der Waals surface area (Å²) in [5, 5.41) is 41.1. The number of carbonyl (C=O) groups excluding carboxylic acids is 2. The second kappa shape index (κ2) is 13.5. The zero-order valence-electron chi connectivity index (χ0n) is 24.2. The van der Waals surface area contributed by atoms with Gasteiger partial charge >= 0.3 is 12.4 Å². The number of amides is 2. The molecule has 4 atom stereocenters. The van der Waals surface area contributed by atoms with Crippen LogP contribution in [0.4, 0.5) is 32.0 Å². The number of imide groups is 1. The van der Waals surface area contributed by atoms with Crippen molar-refractivity contribution in [3.63, 3.8) is 0 Å². The van der Waals surface area contributed by atoms with Crippen molar-refractivity contribution in [3.8, 4) is 0 Å². The molecule has 0 saturated carbocycles. The SMILES string of the molecule is CCC/C(=C\c1ccc(CO)o1)CC[C@@H](O)C1=C(CO)C[C@H]2C(=O)N(c3cc(C(F)(F)F)cc(C(F)(F)F)c3)C(=O)[C@H]2[C@H]1CO. The van der Waals surface area contributed by atoms with Gasteiger partial charge in [0.15, 0.2) is 0 Å². The van der Waals surface area contributed by atoms with Crippen molar-refractivity contribution in [2.45, 2.75) is 64.1 Å². The van der Waals surface area contributed by atoms with E-state index in [0.29, 0.717) is 24.4 Å². The largest absolute Gasteiger partial charge is 0.459 e. The summed E-state index contributed by atoms with van der Waals surface area (Å²) in [6.45, 7) is 0.212. The van der Waals surface area contributed by atoms with Crippen LogP contribution in [0.5, 0.6) is 0 Å². The van der Waals surface area contributed by atoms with E-state index in [9.17, 15) is 56.4 Å². The van der Waals surface area contributed by atoms with E-state index in [1.165, 1.54) is 0 Å². The summed E-state index contributed by atoms with van der Waals surface area (Å²) in [6, 6.07) is 3.74. The minimum absolute atomic E-state index is 0.0700. The number of rotatable bonds is 11. The van der Waals surface area contributed by atoms with Crippen molar-refractivity contribution in [1.29, 1.82) is 0 Å². The summed E-state index contributed by atoms with van der Waals surface area (Å²) in [4.78, 5) is 27.3. The Bertz CT molecular complexity index is 1440. The third-order valence-electron chi connectivity index (χ3n) is 8.26. The highest BCUT2D eigenvalue weighted by molar-refractivity contribution is 6.22. The molecule has 1 aromatic carbocycles. The van der Waals surface area contributed by atoms with E-state index >= 15 is 0 Å². The van der Waals surface area contributed by atoms with Crippen LogP contribution in [-0.4, -0.2) is 51.6 Å². The van der Waals surface area contributed by atoms with Crippen LogP contribution in [0.15, 0.2) is 51.5 Å². The second-order valence-electron chi connectivity index (χ2n) is 11.2. The lowest BCUT2D eigenvalue weighted by Gasteiger charge is -2.36. The maximum atomic E-state index is 13.6. The van der Waals surface area contributed by atoms with Crippen LogP contribution in [-0.2, 0) is 28.5 Å². The molecule has 1 aromatic heterocycles. The van der Waals surface area contributed by atoms with Crippen LogP contribution in [0, 0.1) is 17.8 Å². The van der Waals surface area contributed by atoms with Crippen LogP contribution in [0.2, 0.25) is 0 Å². The number of halogens is 6. The van der Waals surface area contributed by atoms with Gasteiger partial charge in [0, 0.05) is 5.92 Å². The normalized spacial score (nSPS) is 22.0. The molecule has 4 N–H and O–H groups in total. The Morgan fingerprint density at radius 3 is 2.13 bits per heavy atom. The monoisotopic (exact) mass is 645 g/mol. The fraction of sp³-hybridized carbons (Fsp3) is 0.484. The molecular weight excluding hydrogens is 612 g/mol. The summed E-state index contributed by atoms with van der Waals surface area (Å²) < 4.78 is 86.6. The van der Waals surface area contributed by atoms with Gasteiger partial charge in [0.25, 0.3) is 0 Å². The summed E-state index contributed by atoms with van der Waals surface area (Å²) in [5.41, 5.74) is -3.18. The quantitative estimate of drug-likeness (QED) is 0.149. The standard InChI is InChI=1S/C31H33F6NO7/c1-2-3-16(8-21-5-6-22(14-40)45-21)4-7-25(42)26-17(13-39)9-23-27(24(26)15-41)29(44)38(28(23)43)20-11-18(30(32,33)34)10-19(12-20)31(35,36)37/h5-6,8,10-12,23-25,27,39-42H,2-4,7,9,13-15H2,1H3/b16-8+/t23-,24+,25-,27-/m1/s1. The van der Waals surface area contributed by atoms with Crippen LogP contribution in [0.3, 0.4) is 0 Å². The van der Waals surface area contributed by atoms with Gasteiger partial charge in [-0.25, -0.2) is 4.90 Å². The molecule has 2 aromatic rings. The topological polar surface area (TPSA) is 131 Å². The van der Waals surface area contributed by atoms with E-state index in [-0.39, 0.29) is 53.7 Å². The Morgan fingerprint density at radius 2 is 1.62 bits per heavy atom. The van der Waals surface area contributed by atoms with E-state index in [1.807, 2.05) is 6.92 Å². The number of furan rings is 1. The fourth-order valence-electron chi connectivity index (χ4n) is 6.25. The number of benzene rings is 1. The van der Waals surface area contributed by atoms with Crippen LogP contribution < -0.4 is 4.90 Å². The number of allylic oxidation sites excluding steroid dienone is 1. The summed E-state index contributed by atoms with van der Waals surface area (Å²) >= 11 is 0. The number of hydrogen-bond acceptors (Lipinski definition) is 7. The van der Waals surface area contributed by atoms with Crippen LogP contribution >= 0.6 is 0 Å². The second-order valence-corrected chi connectivity index (χ2v) is 11.2. The fourth-order valence-corrected chi connectivity index (χ4v) is 6.25. The van der Waals surface area contributed by atoms with E-state index < -0.39 is 78.1 Å². The molecule has 0 radical (unpaired) electrons. The molecule has 14 heteroatoms. The van der Waals surface area contributed by atoms with Gasteiger partial charge in [-0.1, -0.05) is 18.9 Å². The number of nitrogens with zero attached hydrogens (tertiary/aromatic N) is 1. The van der Waals surface area contributed by atoms with Crippen molar-refractivity contribution in [2.75, 3.05) is 18.1 Å². The molecule has 1 fully saturated rings.